The van der Waals surface area contributed by atoms with E-state index < -0.39 is 0 Å². The standard InChI is InChI=1S/C19H15ClN6/c20-18-16(10-23)15-5-8-26(11-14-3-1-13(9-22)2-4-14)12-17(15)19(25-18)24-7-6-21/h1-4H,5,7-8,11-12H2,(H,24,25). The van der Waals surface area contributed by atoms with E-state index >= 15 is 0 Å². The molecule has 0 atom stereocenters. The number of nitrogens with zero attached hydrogens (tertiary/aromatic N) is 5. The van der Waals surface area contributed by atoms with E-state index in [0.717, 1.165) is 29.8 Å². The van der Waals surface area contributed by atoms with Crippen molar-refractivity contribution in [2.75, 3.05) is 18.4 Å². The van der Waals surface area contributed by atoms with E-state index in [-0.39, 0.29) is 11.7 Å². The highest BCUT2D eigenvalue weighted by Gasteiger charge is 2.25. The molecule has 0 aliphatic carbocycles. The zero-order valence-corrected chi connectivity index (χ0v) is 14.7. The number of benzene rings is 1. The van der Waals surface area contributed by atoms with Crippen molar-refractivity contribution in [3.8, 4) is 18.2 Å². The average molecular weight is 363 g/mol. The molecular weight excluding hydrogens is 348 g/mol. The van der Waals surface area contributed by atoms with Crippen LogP contribution in [0, 0.1) is 34.0 Å². The number of pyridine rings is 1. The van der Waals surface area contributed by atoms with Crippen LogP contribution in [0.25, 0.3) is 0 Å². The van der Waals surface area contributed by atoms with Crippen molar-refractivity contribution in [2.24, 2.45) is 0 Å². The zero-order chi connectivity index (χ0) is 18.5. The van der Waals surface area contributed by atoms with Crippen molar-refractivity contribution in [1.82, 2.24) is 9.88 Å². The minimum absolute atomic E-state index is 0.122. The molecule has 3 rings (SSSR count). The van der Waals surface area contributed by atoms with Crippen LogP contribution in [0.3, 0.4) is 0 Å². The first-order valence-corrected chi connectivity index (χ1v) is 8.47. The Bertz CT molecular complexity index is 946. The minimum atomic E-state index is 0.122. The largest absolute Gasteiger partial charge is 0.357 e. The number of rotatable bonds is 4. The van der Waals surface area contributed by atoms with Gasteiger partial charge in [-0.05, 0) is 29.7 Å². The second-order valence-electron chi connectivity index (χ2n) is 5.98. The van der Waals surface area contributed by atoms with Gasteiger partial charge in [-0.15, -0.1) is 0 Å². The van der Waals surface area contributed by atoms with Crippen LogP contribution in [0.4, 0.5) is 5.82 Å². The van der Waals surface area contributed by atoms with Crippen LogP contribution in [0.2, 0.25) is 5.15 Å². The van der Waals surface area contributed by atoms with Gasteiger partial charge >= 0.3 is 0 Å². The lowest BCUT2D eigenvalue weighted by Gasteiger charge is -2.30. The van der Waals surface area contributed by atoms with Gasteiger partial charge in [0.15, 0.2) is 0 Å². The molecule has 7 heteroatoms. The molecule has 1 aliphatic rings. The number of aromatic nitrogens is 1. The molecular formula is C19H15ClN6. The summed E-state index contributed by atoms with van der Waals surface area (Å²) in [7, 11) is 0. The molecule has 1 aromatic heterocycles. The Balaban J connectivity index is 1.87. The number of halogens is 1. The molecule has 0 unspecified atom stereocenters. The summed E-state index contributed by atoms with van der Waals surface area (Å²) in [6.45, 7) is 2.26. The van der Waals surface area contributed by atoms with Crippen LogP contribution in [-0.2, 0) is 19.5 Å². The minimum Gasteiger partial charge on any atom is -0.357 e. The van der Waals surface area contributed by atoms with Crippen LogP contribution in [0.1, 0.15) is 27.8 Å². The van der Waals surface area contributed by atoms with E-state index in [1.165, 1.54) is 0 Å². The summed E-state index contributed by atoms with van der Waals surface area (Å²) in [5.41, 5.74) is 3.99. The van der Waals surface area contributed by atoms with E-state index in [2.05, 4.69) is 27.3 Å². The zero-order valence-electron chi connectivity index (χ0n) is 14.0. The van der Waals surface area contributed by atoms with Crippen LogP contribution >= 0.6 is 11.6 Å². The molecule has 0 bridgehead atoms. The van der Waals surface area contributed by atoms with Crippen molar-refractivity contribution >= 4 is 17.4 Å². The fraction of sp³-hybridized carbons (Fsp3) is 0.263. The van der Waals surface area contributed by atoms with Gasteiger partial charge < -0.3 is 5.32 Å². The SMILES string of the molecule is N#CCNc1nc(Cl)c(C#N)c2c1CN(Cc1ccc(C#N)cc1)CC2. The first-order chi connectivity index (χ1) is 12.7. The summed E-state index contributed by atoms with van der Waals surface area (Å²) in [6, 6.07) is 13.8. The van der Waals surface area contributed by atoms with Crippen molar-refractivity contribution in [3.05, 3.63) is 57.2 Å². The van der Waals surface area contributed by atoms with Crippen molar-refractivity contribution in [2.45, 2.75) is 19.5 Å². The van der Waals surface area contributed by atoms with Gasteiger partial charge in [0, 0.05) is 25.2 Å². The number of nitriles is 3. The molecule has 1 aromatic carbocycles. The molecule has 0 saturated carbocycles. The summed E-state index contributed by atoms with van der Waals surface area (Å²) >= 11 is 6.14. The van der Waals surface area contributed by atoms with Gasteiger partial charge in [-0.3, -0.25) is 4.90 Å². The van der Waals surface area contributed by atoms with Crippen molar-refractivity contribution in [1.29, 1.82) is 15.8 Å². The molecule has 0 radical (unpaired) electrons. The second kappa shape index (κ2) is 7.85. The molecule has 1 aliphatic heterocycles. The van der Waals surface area contributed by atoms with E-state index in [1.807, 2.05) is 30.3 Å². The van der Waals surface area contributed by atoms with Crippen LogP contribution in [0.15, 0.2) is 24.3 Å². The van der Waals surface area contributed by atoms with Gasteiger partial charge in [-0.2, -0.15) is 15.8 Å². The molecule has 6 nitrogen and oxygen atoms in total. The Kier molecular flexibility index (Phi) is 5.34. The lowest BCUT2D eigenvalue weighted by molar-refractivity contribution is 0.245. The number of hydrogen-bond donors (Lipinski definition) is 1. The summed E-state index contributed by atoms with van der Waals surface area (Å²) in [6.07, 6.45) is 0.692. The highest BCUT2D eigenvalue weighted by atomic mass is 35.5. The Morgan fingerprint density at radius 2 is 1.88 bits per heavy atom. The Morgan fingerprint density at radius 1 is 1.12 bits per heavy atom. The van der Waals surface area contributed by atoms with Crippen molar-refractivity contribution < 1.29 is 0 Å². The maximum Gasteiger partial charge on any atom is 0.149 e. The van der Waals surface area contributed by atoms with Crippen LogP contribution < -0.4 is 5.32 Å². The van der Waals surface area contributed by atoms with E-state index in [1.54, 1.807) is 0 Å². The summed E-state index contributed by atoms with van der Waals surface area (Å²) in [4.78, 5) is 6.52. The molecule has 2 aromatic rings. The van der Waals surface area contributed by atoms with Gasteiger partial charge in [0.1, 0.15) is 23.6 Å². The highest BCUT2D eigenvalue weighted by Crippen LogP contribution is 2.32. The predicted molar refractivity (Wildman–Crippen MR) is 97.0 cm³/mol. The third-order valence-electron chi connectivity index (χ3n) is 4.36. The Labute approximate surface area is 156 Å². The van der Waals surface area contributed by atoms with E-state index in [0.29, 0.717) is 29.9 Å². The van der Waals surface area contributed by atoms with Gasteiger partial charge in [0.05, 0.1) is 23.3 Å². The number of nitrogens with one attached hydrogen (secondary N) is 1. The first-order valence-electron chi connectivity index (χ1n) is 8.09. The topological polar surface area (TPSA) is 99.5 Å². The second-order valence-corrected chi connectivity index (χ2v) is 6.33. The average Bonchev–Trinajstić information content (AvgIpc) is 2.67. The van der Waals surface area contributed by atoms with Crippen LogP contribution in [-0.4, -0.2) is 23.0 Å². The number of fused-ring (bicyclic) bond motifs is 1. The molecule has 26 heavy (non-hydrogen) atoms. The van der Waals surface area contributed by atoms with Crippen LogP contribution in [0.5, 0.6) is 0 Å². The Morgan fingerprint density at radius 3 is 2.54 bits per heavy atom. The normalized spacial score (nSPS) is 13.2. The summed E-state index contributed by atoms with van der Waals surface area (Å²) in [5.74, 6) is 0.565. The fourth-order valence-electron chi connectivity index (χ4n) is 3.12. The molecule has 128 valence electrons. The van der Waals surface area contributed by atoms with Gasteiger partial charge in [0.2, 0.25) is 0 Å². The van der Waals surface area contributed by atoms with Crippen molar-refractivity contribution in [3.63, 3.8) is 0 Å². The van der Waals surface area contributed by atoms with Gasteiger partial charge in [-0.1, -0.05) is 23.7 Å². The predicted octanol–water partition coefficient (Wildman–Crippen LogP) is 2.97. The first kappa shape index (κ1) is 17.7. The lowest BCUT2D eigenvalue weighted by atomic mass is 9.96. The smallest absolute Gasteiger partial charge is 0.149 e. The van der Waals surface area contributed by atoms with Gasteiger partial charge in [-0.25, -0.2) is 4.98 Å². The Hall–Kier alpha value is -3.11. The summed E-state index contributed by atoms with van der Waals surface area (Å²) < 4.78 is 0. The maximum atomic E-state index is 9.40. The van der Waals surface area contributed by atoms with Gasteiger partial charge in [0.25, 0.3) is 0 Å². The molecule has 0 saturated heterocycles. The molecule has 0 spiro atoms. The third kappa shape index (κ3) is 3.60. The van der Waals surface area contributed by atoms with E-state index in [4.69, 9.17) is 22.1 Å². The fourth-order valence-corrected chi connectivity index (χ4v) is 3.36. The molecule has 0 amide bonds. The molecule has 1 N–H and O–H groups in total. The maximum absolute atomic E-state index is 9.40. The third-order valence-corrected chi connectivity index (χ3v) is 4.64. The number of anilines is 1. The quantitative estimate of drug-likeness (QED) is 0.663. The molecule has 0 fully saturated rings. The monoisotopic (exact) mass is 362 g/mol. The number of hydrogen-bond acceptors (Lipinski definition) is 6. The lowest BCUT2D eigenvalue weighted by Crippen LogP contribution is -2.31. The highest BCUT2D eigenvalue weighted by molar-refractivity contribution is 6.30. The van der Waals surface area contributed by atoms with E-state index in [9.17, 15) is 5.26 Å². The summed E-state index contributed by atoms with van der Waals surface area (Å²) in [5, 5.41) is 30.3. The molecule has 2 heterocycles.